The SMILES string of the molecule is Nc1c(-c2ccc(-c3ccc(C4(C(=O)O)CC4)cc3)cc2)sc2ncc(C(F)(F)F)cc12. The number of alkyl halides is 3. The van der Waals surface area contributed by atoms with Crippen molar-refractivity contribution in [2.24, 2.45) is 0 Å². The lowest BCUT2D eigenvalue weighted by molar-refractivity contribution is -0.140. The number of anilines is 1. The molecule has 4 aromatic rings. The van der Waals surface area contributed by atoms with Crippen LogP contribution in [0, 0.1) is 0 Å². The average Bonchev–Trinajstić information content (AvgIpc) is 3.53. The van der Waals surface area contributed by atoms with Gasteiger partial charge in [0.2, 0.25) is 0 Å². The molecule has 0 spiro atoms. The third-order valence-electron chi connectivity index (χ3n) is 5.99. The number of hydrogen-bond donors (Lipinski definition) is 2. The average molecular weight is 454 g/mol. The third kappa shape index (κ3) is 3.31. The Kier molecular flexibility index (Phi) is 4.53. The second kappa shape index (κ2) is 7.06. The summed E-state index contributed by atoms with van der Waals surface area (Å²) >= 11 is 1.25. The molecule has 1 saturated carbocycles. The molecule has 32 heavy (non-hydrogen) atoms. The van der Waals surface area contributed by atoms with Crippen molar-refractivity contribution < 1.29 is 23.1 Å². The van der Waals surface area contributed by atoms with Crippen LogP contribution in [0.2, 0.25) is 0 Å². The van der Waals surface area contributed by atoms with Gasteiger partial charge in [-0.05, 0) is 41.2 Å². The molecule has 0 amide bonds. The Morgan fingerprint density at radius 1 is 1.00 bits per heavy atom. The predicted octanol–water partition coefficient (Wildman–Crippen LogP) is 6.35. The van der Waals surface area contributed by atoms with Gasteiger partial charge in [0.1, 0.15) is 4.83 Å². The first-order chi connectivity index (χ1) is 15.2. The minimum Gasteiger partial charge on any atom is -0.481 e. The van der Waals surface area contributed by atoms with Gasteiger partial charge in [0.15, 0.2) is 0 Å². The van der Waals surface area contributed by atoms with Crippen LogP contribution in [0.4, 0.5) is 18.9 Å². The van der Waals surface area contributed by atoms with Crippen LogP contribution in [0.1, 0.15) is 24.0 Å². The zero-order valence-corrected chi connectivity index (χ0v) is 17.4. The molecule has 2 aromatic carbocycles. The number of hydrogen-bond acceptors (Lipinski definition) is 4. The number of nitrogens with zero attached hydrogens (tertiary/aromatic N) is 1. The Morgan fingerprint density at radius 2 is 1.56 bits per heavy atom. The zero-order chi connectivity index (χ0) is 22.7. The highest BCUT2D eigenvalue weighted by Gasteiger charge is 2.51. The summed E-state index contributed by atoms with van der Waals surface area (Å²) in [5.74, 6) is -0.785. The number of fused-ring (bicyclic) bond motifs is 1. The summed E-state index contributed by atoms with van der Waals surface area (Å²) in [4.78, 5) is 16.6. The number of rotatable bonds is 4. The van der Waals surface area contributed by atoms with Gasteiger partial charge in [-0.15, -0.1) is 11.3 Å². The van der Waals surface area contributed by atoms with Gasteiger partial charge >= 0.3 is 12.1 Å². The van der Waals surface area contributed by atoms with Crippen LogP contribution in [0.3, 0.4) is 0 Å². The number of pyridine rings is 1. The maximum Gasteiger partial charge on any atom is 0.417 e. The van der Waals surface area contributed by atoms with Gasteiger partial charge in [-0.3, -0.25) is 4.79 Å². The van der Waals surface area contributed by atoms with Crippen molar-refractivity contribution in [2.45, 2.75) is 24.4 Å². The van der Waals surface area contributed by atoms with Gasteiger partial charge in [0.25, 0.3) is 0 Å². The van der Waals surface area contributed by atoms with Crippen molar-refractivity contribution >= 4 is 33.2 Å². The van der Waals surface area contributed by atoms with Crippen LogP contribution in [0.5, 0.6) is 0 Å². The Balaban J connectivity index is 1.44. The molecular formula is C24H17F3N2O2S. The minimum atomic E-state index is -4.48. The van der Waals surface area contributed by atoms with E-state index >= 15 is 0 Å². The number of halogens is 3. The molecule has 5 rings (SSSR count). The van der Waals surface area contributed by atoms with E-state index in [1.54, 1.807) is 0 Å². The smallest absolute Gasteiger partial charge is 0.417 e. The number of aliphatic carboxylic acids is 1. The molecule has 1 aliphatic carbocycles. The van der Waals surface area contributed by atoms with Crippen LogP contribution >= 0.6 is 11.3 Å². The summed E-state index contributed by atoms with van der Waals surface area (Å²) in [7, 11) is 0. The molecule has 0 saturated heterocycles. The molecule has 2 aromatic heterocycles. The van der Waals surface area contributed by atoms with E-state index in [2.05, 4.69) is 4.98 Å². The van der Waals surface area contributed by atoms with E-state index in [4.69, 9.17) is 5.73 Å². The molecule has 1 aliphatic rings. The fourth-order valence-electron chi connectivity index (χ4n) is 3.92. The Bertz CT molecular complexity index is 1340. The van der Waals surface area contributed by atoms with E-state index in [0.29, 0.717) is 27.9 Å². The molecule has 0 aliphatic heterocycles. The Hall–Kier alpha value is -3.39. The number of nitrogens with two attached hydrogens (primary N) is 1. The normalized spacial score (nSPS) is 15.1. The number of nitrogen functional groups attached to an aromatic ring is 1. The zero-order valence-electron chi connectivity index (χ0n) is 16.6. The Morgan fingerprint density at radius 3 is 2.09 bits per heavy atom. The van der Waals surface area contributed by atoms with Gasteiger partial charge in [-0.1, -0.05) is 48.5 Å². The number of carboxylic acids is 1. The highest BCUT2D eigenvalue weighted by atomic mass is 32.1. The predicted molar refractivity (Wildman–Crippen MR) is 118 cm³/mol. The minimum absolute atomic E-state index is 0.282. The second-order valence-electron chi connectivity index (χ2n) is 7.96. The number of thiophene rings is 1. The van der Waals surface area contributed by atoms with Gasteiger partial charge in [-0.25, -0.2) is 4.98 Å². The third-order valence-corrected chi connectivity index (χ3v) is 7.17. The summed E-state index contributed by atoms with van der Waals surface area (Å²) in [6.07, 6.45) is -2.33. The lowest BCUT2D eigenvalue weighted by atomic mass is 9.93. The fourth-order valence-corrected chi connectivity index (χ4v) is 4.97. The summed E-state index contributed by atoms with van der Waals surface area (Å²) in [5.41, 5.74) is 8.39. The van der Waals surface area contributed by atoms with Crippen molar-refractivity contribution in [1.29, 1.82) is 0 Å². The summed E-state index contributed by atoms with van der Waals surface area (Å²) in [6.45, 7) is 0. The molecule has 8 heteroatoms. The summed E-state index contributed by atoms with van der Waals surface area (Å²) < 4.78 is 39.0. The molecule has 0 radical (unpaired) electrons. The van der Waals surface area contributed by atoms with Crippen molar-refractivity contribution in [3.63, 3.8) is 0 Å². The first-order valence-corrected chi connectivity index (χ1v) is 10.7. The highest BCUT2D eigenvalue weighted by molar-refractivity contribution is 7.22. The van der Waals surface area contributed by atoms with E-state index in [9.17, 15) is 23.1 Å². The fraction of sp³-hybridized carbons (Fsp3) is 0.167. The van der Waals surface area contributed by atoms with Crippen LogP contribution < -0.4 is 5.73 Å². The van der Waals surface area contributed by atoms with Crippen molar-refractivity contribution in [3.8, 4) is 21.6 Å². The topological polar surface area (TPSA) is 76.2 Å². The van der Waals surface area contributed by atoms with Crippen molar-refractivity contribution in [3.05, 3.63) is 71.9 Å². The number of carbonyl (C=O) groups is 1. The lowest BCUT2D eigenvalue weighted by Crippen LogP contribution is -2.19. The van der Waals surface area contributed by atoms with E-state index in [1.165, 1.54) is 11.3 Å². The highest BCUT2D eigenvalue weighted by Crippen LogP contribution is 2.48. The quantitative estimate of drug-likeness (QED) is 0.377. The van der Waals surface area contributed by atoms with E-state index < -0.39 is 23.1 Å². The molecule has 162 valence electrons. The van der Waals surface area contributed by atoms with Crippen molar-refractivity contribution in [1.82, 2.24) is 4.98 Å². The van der Waals surface area contributed by atoms with Gasteiger partial charge in [-0.2, -0.15) is 13.2 Å². The van der Waals surface area contributed by atoms with Crippen LogP contribution in [0.15, 0.2) is 60.8 Å². The number of benzene rings is 2. The number of carboxylic acid groups (broad SMARTS) is 1. The van der Waals surface area contributed by atoms with E-state index in [0.717, 1.165) is 34.5 Å². The molecule has 0 atom stereocenters. The molecular weight excluding hydrogens is 437 g/mol. The van der Waals surface area contributed by atoms with E-state index in [1.807, 2.05) is 48.5 Å². The van der Waals surface area contributed by atoms with Gasteiger partial charge < -0.3 is 10.8 Å². The standard InChI is InChI=1S/C24H17F3N2O2S/c25-24(26,27)17-11-18-19(28)20(32-21(18)29-12-17)15-3-1-13(2-4-15)14-5-7-16(8-6-14)23(9-10-23)22(30)31/h1-8,11-12H,9-10,28H2,(H,30,31). The first kappa shape index (κ1) is 20.5. The first-order valence-electron chi connectivity index (χ1n) is 9.89. The molecule has 4 nitrogen and oxygen atoms in total. The van der Waals surface area contributed by atoms with E-state index in [-0.39, 0.29) is 5.69 Å². The van der Waals surface area contributed by atoms with Crippen molar-refractivity contribution in [2.75, 3.05) is 5.73 Å². The molecule has 1 fully saturated rings. The monoisotopic (exact) mass is 454 g/mol. The van der Waals surface area contributed by atoms with Gasteiger partial charge in [0.05, 0.1) is 21.5 Å². The Labute approximate surface area is 185 Å². The maximum absolute atomic E-state index is 13.0. The van der Waals surface area contributed by atoms with Crippen LogP contribution in [0.25, 0.3) is 31.8 Å². The largest absolute Gasteiger partial charge is 0.481 e. The second-order valence-corrected chi connectivity index (χ2v) is 8.96. The summed E-state index contributed by atoms with van der Waals surface area (Å²) in [5, 5.41) is 9.74. The molecule has 3 N–H and O–H groups in total. The maximum atomic E-state index is 13.0. The number of aromatic nitrogens is 1. The molecule has 0 unspecified atom stereocenters. The summed E-state index contributed by atoms with van der Waals surface area (Å²) in [6, 6.07) is 16.1. The van der Waals surface area contributed by atoms with Crippen LogP contribution in [-0.4, -0.2) is 16.1 Å². The lowest BCUT2D eigenvalue weighted by Gasteiger charge is -2.11. The van der Waals surface area contributed by atoms with Crippen LogP contribution in [-0.2, 0) is 16.4 Å². The molecule has 2 heterocycles. The molecule has 0 bridgehead atoms. The van der Waals surface area contributed by atoms with Gasteiger partial charge in [0, 0.05) is 11.6 Å².